The minimum Gasteiger partial charge on any atom is -0.354 e. The Kier molecular flexibility index (Phi) is 7.47. The summed E-state index contributed by atoms with van der Waals surface area (Å²) in [5.41, 5.74) is 1.80. The van der Waals surface area contributed by atoms with Crippen molar-refractivity contribution >= 4 is 27.8 Å². The van der Waals surface area contributed by atoms with E-state index in [1.165, 1.54) is 0 Å². The second-order valence-electron chi connectivity index (χ2n) is 5.71. The van der Waals surface area contributed by atoms with Crippen LogP contribution in [0.2, 0.25) is 0 Å². The SMILES string of the molecule is CN(C)C(=NCc1ccccc1)NCCNC(=O)c1cccc(Br)c1. The average molecular weight is 403 g/mol. The second kappa shape index (κ2) is 9.84. The van der Waals surface area contributed by atoms with Crippen molar-refractivity contribution in [3.05, 3.63) is 70.2 Å². The molecular formula is C19H23BrN4O. The third-order valence-corrected chi connectivity index (χ3v) is 3.95. The predicted molar refractivity (Wildman–Crippen MR) is 106 cm³/mol. The fourth-order valence-corrected chi connectivity index (χ4v) is 2.59. The maximum atomic E-state index is 12.1. The van der Waals surface area contributed by atoms with Crippen LogP contribution in [-0.2, 0) is 6.54 Å². The Morgan fingerprint density at radius 3 is 2.44 bits per heavy atom. The van der Waals surface area contributed by atoms with Crippen molar-refractivity contribution in [1.82, 2.24) is 15.5 Å². The number of carbonyl (C=O) groups excluding carboxylic acids is 1. The minimum absolute atomic E-state index is 0.0873. The predicted octanol–water partition coefficient (Wildman–Crippen LogP) is 2.89. The van der Waals surface area contributed by atoms with Gasteiger partial charge in [-0.3, -0.25) is 4.79 Å². The van der Waals surface area contributed by atoms with E-state index in [4.69, 9.17) is 0 Å². The monoisotopic (exact) mass is 402 g/mol. The topological polar surface area (TPSA) is 56.7 Å². The van der Waals surface area contributed by atoms with Crippen LogP contribution in [0.25, 0.3) is 0 Å². The van der Waals surface area contributed by atoms with Crippen LogP contribution in [0.1, 0.15) is 15.9 Å². The molecule has 0 saturated carbocycles. The van der Waals surface area contributed by atoms with Crippen molar-refractivity contribution in [3.8, 4) is 0 Å². The number of amides is 1. The van der Waals surface area contributed by atoms with Crippen LogP contribution in [0.4, 0.5) is 0 Å². The van der Waals surface area contributed by atoms with Crippen molar-refractivity contribution in [1.29, 1.82) is 0 Å². The van der Waals surface area contributed by atoms with Gasteiger partial charge >= 0.3 is 0 Å². The van der Waals surface area contributed by atoms with Gasteiger partial charge in [-0.25, -0.2) is 4.99 Å². The van der Waals surface area contributed by atoms with Gasteiger partial charge in [0, 0.05) is 37.2 Å². The molecule has 0 aliphatic rings. The maximum absolute atomic E-state index is 12.1. The average Bonchev–Trinajstić information content (AvgIpc) is 2.61. The van der Waals surface area contributed by atoms with Crippen molar-refractivity contribution < 1.29 is 4.79 Å². The van der Waals surface area contributed by atoms with Crippen LogP contribution in [0.5, 0.6) is 0 Å². The Morgan fingerprint density at radius 1 is 1.04 bits per heavy atom. The third-order valence-electron chi connectivity index (χ3n) is 3.46. The first kappa shape index (κ1) is 19.0. The smallest absolute Gasteiger partial charge is 0.251 e. The lowest BCUT2D eigenvalue weighted by atomic mass is 10.2. The van der Waals surface area contributed by atoms with E-state index >= 15 is 0 Å². The first-order valence-corrected chi connectivity index (χ1v) is 8.89. The Hall–Kier alpha value is -2.34. The number of aliphatic imine (C=N–C) groups is 1. The number of rotatable bonds is 6. The molecule has 2 aromatic rings. The zero-order valence-corrected chi connectivity index (χ0v) is 16.1. The minimum atomic E-state index is -0.0873. The lowest BCUT2D eigenvalue weighted by Crippen LogP contribution is -2.41. The number of halogens is 1. The molecule has 2 aromatic carbocycles. The van der Waals surface area contributed by atoms with E-state index in [0.29, 0.717) is 25.2 Å². The zero-order valence-electron chi connectivity index (χ0n) is 14.5. The lowest BCUT2D eigenvalue weighted by molar-refractivity contribution is 0.0954. The summed E-state index contributed by atoms with van der Waals surface area (Å²) in [6.07, 6.45) is 0. The summed E-state index contributed by atoms with van der Waals surface area (Å²) in [4.78, 5) is 18.6. The highest BCUT2D eigenvalue weighted by molar-refractivity contribution is 9.10. The number of guanidine groups is 1. The zero-order chi connectivity index (χ0) is 18.1. The molecule has 0 spiro atoms. The number of nitrogens with zero attached hydrogens (tertiary/aromatic N) is 2. The van der Waals surface area contributed by atoms with Crippen LogP contribution >= 0.6 is 15.9 Å². The fourth-order valence-electron chi connectivity index (χ4n) is 2.19. The highest BCUT2D eigenvalue weighted by Crippen LogP contribution is 2.11. The largest absolute Gasteiger partial charge is 0.354 e. The van der Waals surface area contributed by atoms with Gasteiger partial charge in [0.05, 0.1) is 6.54 Å². The van der Waals surface area contributed by atoms with Crippen molar-refractivity contribution in [3.63, 3.8) is 0 Å². The summed E-state index contributed by atoms with van der Waals surface area (Å²) in [5, 5.41) is 6.16. The van der Waals surface area contributed by atoms with Crippen molar-refractivity contribution in [2.75, 3.05) is 27.2 Å². The van der Waals surface area contributed by atoms with Gasteiger partial charge in [-0.1, -0.05) is 52.3 Å². The van der Waals surface area contributed by atoms with Gasteiger partial charge in [0.15, 0.2) is 5.96 Å². The van der Waals surface area contributed by atoms with Gasteiger partial charge in [0.1, 0.15) is 0 Å². The molecule has 132 valence electrons. The molecule has 0 unspecified atom stereocenters. The fraction of sp³-hybridized carbons (Fsp3) is 0.263. The van der Waals surface area contributed by atoms with Gasteiger partial charge in [0.2, 0.25) is 0 Å². The molecule has 1 amide bonds. The first-order valence-electron chi connectivity index (χ1n) is 8.09. The second-order valence-corrected chi connectivity index (χ2v) is 6.63. The first-order chi connectivity index (χ1) is 12.1. The maximum Gasteiger partial charge on any atom is 0.251 e. The molecule has 0 aliphatic heterocycles. The molecule has 0 saturated heterocycles. The van der Waals surface area contributed by atoms with Gasteiger partial charge in [-0.2, -0.15) is 0 Å². The van der Waals surface area contributed by atoms with Crippen LogP contribution in [0.3, 0.4) is 0 Å². The van der Waals surface area contributed by atoms with E-state index in [0.717, 1.165) is 16.0 Å². The molecule has 0 fully saturated rings. The highest BCUT2D eigenvalue weighted by Gasteiger charge is 2.06. The Labute approximate surface area is 157 Å². The van der Waals surface area contributed by atoms with Crippen LogP contribution in [0, 0.1) is 0 Å². The highest BCUT2D eigenvalue weighted by atomic mass is 79.9. The Balaban J connectivity index is 1.80. The van der Waals surface area contributed by atoms with Gasteiger partial charge in [0.25, 0.3) is 5.91 Å². The molecule has 2 N–H and O–H groups in total. The van der Waals surface area contributed by atoms with Gasteiger partial charge in [-0.15, -0.1) is 0 Å². The molecule has 0 aromatic heterocycles. The summed E-state index contributed by atoms with van der Waals surface area (Å²) < 4.78 is 0.890. The third kappa shape index (κ3) is 6.58. The molecule has 0 aliphatic carbocycles. The molecule has 6 heteroatoms. The van der Waals surface area contributed by atoms with E-state index in [2.05, 4.69) is 43.7 Å². The molecule has 0 atom stereocenters. The van der Waals surface area contributed by atoms with Crippen molar-refractivity contribution in [2.45, 2.75) is 6.54 Å². The van der Waals surface area contributed by atoms with Crippen LogP contribution < -0.4 is 10.6 Å². The lowest BCUT2D eigenvalue weighted by Gasteiger charge is -2.18. The molecular weight excluding hydrogens is 380 g/mol. The normalized spacial score (nSPS) is 11.1. The molecule has 0 heterocycles. The molecule has 2 rings (SSSR count). The van der Waals surface area contributed by atoms with E-state index in [1.54, 1.807) is 12.1 Å². The summed E-state index contributed by atoms with van der Waals surface area (Å²) >= 11 is 3.37. The number of benzene rings is 2. The number of hydrogen-bond acceptors (Lipinski definition) is 2. The summed E-state index contributed by atoms with van der Waals surface area (Å²) in [7, 11) is 3.88. The summed E-state index contributed by atoms with van der Waals surface area (Å²) in [5.74, 6) is 0.705. The number of carbonyl (C=O) groups is 1. The van der Waals surface area contributed by atoms with Crippen LogP contribution in [0.15, 0.2) is 64.1 Å². The van der Waals surface area contributed by atoms with Crippen molar-refractivity contribution in [2.24, 2.45) is 4.99 Å². The van der Waals surface area contributed by atoms with E-state index in [9.17, 15) is 4.79 Å². The Bertz CT molecular complexity index is 716. The molecule has 5 nitrogen and oxygen atoms in total. The number of hydrogen-bond donors (Lipinski definition) is 2. The molecule has 25 heavy (non-hydrogen) atoms. The van der Waals surface area contributed by atoms with Crippen LogP contribution in [-0.4, -0.2) is 44.0 Å². The molecule has 0 bridgehead atoms. The van der Waals surface area contributed by atoms with Gasteiger partial charge < -0.3 is 15.5 Å². The van der Waals surface area contributed by atoms with E-state index in [-0.39, 0.29) is 5.91 Å². The van der Waals surface area contributed by atoms with Gasteiger partial charge in [-0.05, 0) is 23.8 Å². The summed E-state index contributed by atoms with van der Waals surface area (Å²) in [6.45, 7) is 1.74. The number of nitrogens with one attached hydrogen (secondary N) is 2. The molecule has 0 radical (unpaired) electrons. The van der Waals surface area contributed by atoms with E-state index in [1.807, 2.05) is 49.3 Å². The quantitative estimate of drug-likeness (QED) is 0.443. The summed E-state index contributed by atoms with van der Waals surface area (Å²) in [6, 6.07) is 17.4. The van der Waals surface area contributed by atoms with E-state index < -0.39 is 0 Å². The Morgan fingerprint density at radius 2 is 1.76 bits per heavy atom. The standard InChI is InChI=1S/C19H23BrN4O/c1-24(2)19(23-14-15-7-4-3-5-8-15)22-12-11-21-18(25)16-9-6-10-17(20)13-16/h3-10,13H,11-12,14H2,1-2H3,(H,21,25)(H,22,23).